The van der Waals surface area contributed by atoms with Crippen molar-refractivity contribution in [3.05, 3.63) is 151 Å². The average Bonchev–Trinajstić information content (AvgIpc) is 3.36. The first-order valence-corrected chi connectivity index (χ1v) is 13.8. The molecule has 41 heavy (non-hydrogen) atoms. The molecule has 198 valence electrons. The highest BCUT2D eigenvalue weighted by atomic mass is 16.5. The monoisotopic (exact) mass is 531 g/mol. The van der Waals surface area contributed by atoms with Gasteiger partial charge in [-0.3, -0.25) is 9.55 Å². The van der Waals surface area contributed by atoms with Crippen molar-refractivity contribution in [1.29, 1.82) is 0 Å². The van der Waals surface area contributed by atoms with E-state index in [0.717, 1.165) is 45.0 Å². The molecule has 0 spiro atoms. The van der Waals surface area contributed by atoms with Crippen molar-refractivity contribution in [3.8, 4) is 28.6 Å². The summed E-state index contributed by atoms with van der Waals surface area (Å²) >= 11 is 0. The van der Waals surface area contributed by atoms with E-state index >= 15 is 0 Å². The topological polar surface area (TPSA) is 39.9 Å². The minimum atomic E-state index is -0.176. The standard InChI is InChI=1S/C37H29N3O/c1-37(2,27-12-4-3-5-13-27)28-20-22-39-36(24-28)40-34-17-7-6-15-31(34)32-19-18-30(25-35(32)40)41-29-14-10-11-26(23-29)33-16-8-9-21-38-33/h3-25H,1-2H3. The molecular weight excluding hydrogens is 502 g/mol. The fourth-order valence-electron chi connectivity index (χ4n) is 5.60. The maximum Gasteiger partial charge on any atom is 0.137 e. The summed E-state index contributed by atoms with van der Waals surface area (Å²) < 4.78 is 8.65. The van der Waals surface area contributed by atoms with Gasteiger partial charge in [0.25, 0.3) is 0 Å². The number of benzene rings is 4. The molecule has 4 heteroatoms. The van der Waals surface area contributed by atoms with Gasteiger partial charge in [0.2, 0.25) is 0 Å². The second-order valence-corrected chi connectivity index (χ2v) is 10.8. The van der Waals surface area contributed by atoms with E-state index < -0.39 is 0 Å². The predicted octanol–water partition coefficient (Wildman–Crippen LogP) is 9.36. The molecule has 0 N–H and O–H groups in total. The lowest BCUT2D eigenvalue weighted by atomic mass is 9.78. The van der Waals surface area contributed by atoms with Gasteiger partial charge in [0, 0.05) is 40.2 Å². The number of aromatic nitrogens is 3. The SMILES string of the molecule is CC(C)(c1ccccc1)c1ccnc(-n2c3ccccc3c3ccc(Oc4cccc(-c5ccccn5)c4)cc32)c1. The number of pyridine rings is 2. The molecule has 0 amide bonds. The maximum atomic E-state index is 6.41. The molecule has 0 unspecified atom stereocenters. The number of ether oxygens (including phenoxy) is 1. The Hall–Kier alpha value is -5.22. The van der Waals surface area contributed by atoms with Gasteiger partial charge < -0.3 is 4.74 Å². The zero-order valence-corrected chi connectivity index (χ0v) is 23.0. The van der Waals surface area contributed by atoms with Crippen molar-refractivity contribution >= 4 is 21.8 Å². The van der Waals surface area contributed by atoms with Crippen molar-refractivity contribution in [1.82, 2.24) is 14.5 Å². The predicted molar refractivity (Wildman–Crippen MR) is 167 cm³/mol. The molecular formula is C37H29N3O. The first kappa shape index (κ1) is 24.8. The molecule has 0 aliphatic heterocycles. The van der Waals surface area contributed by atoms with Crippen LogP contribution in [0.2, 0.25) is 0 Å². The first-order chi connectivity index (χ1) is 20.1. The van der Waals surface area contributed by atoms with Gasteiger partial charge >= 0.3 is 0 Å². The molecule has 7 rings (SSSR count). The fourth-order valence-corrected chi connectivity index (χ4v) is 5.60. The van der Waals surface area contributed by atoms with E-state index in [-0.39, 0.29) is 5.41 Å². The molecule has 0 aliphatic rings. The van der Waals surface area contributed by atoms with Crippen LogP contribution in [0.1, 0.15) is 25.0 Å². The van der Waals surface area contributed by atoms with Crippen LogP contribution in [0.3, 0.4) is 0 Å². The number of hydrogen-bond acceptors (Lipinski definition) is 3. The van der Waals surface area contributed by atoms with Crippen molar-refractivity contribution < 1.29 is 4.74 Å². The van der Waals surface area contributed by atoms with Crippen LogP contribution in [0.25, 0.3) is 38.9 Å². The molecule has 0 atom stereocenters. The lowest BCUT2D eigenvalue weighted by Gasteiger charge is -2.26. The zero-order valence-electron chi connectivity index (χ0n) is 23.0. The summed E-state index contributed by atoms with van der Waals surface area (Å²) in [4.78, 5) is 9.35. The van der Waals surface area contributed by atoms with E-state index in [2.05, 4.69) is 102 Å². The van der Waals surface area contributed by atoms with Crippen LogP contribution in [0.5, 0.6) is 11.5 Å². The fraction of sp³-hybridized carbons (Fsp3) is 0.0811. The van der Waals surface area contributed by atoms with Crippen LogP contribution < -0.4 is 4.74 Å². The summed E-state index contributed by atoms with van der Waals surface area (Å²) in [6.45, 7) is 4.52. The Kier molecular flexibility index (Phi) is 6.09. The Morgan fingerprint density at radius 1 is 0.561 bits per heavy atom. The summed E-state index contributed by atoms with van der Waals surface area (Å²) in [5.41, 5.74) is 6.38. The smallest absolute Gasteiger partial charge is 0.137 e. The Morgan fingerprint density at radius 2 is 1.34 bits per heavy atom. The third-order valence-electron chi connectivity index (χ3n) is 7.87. The van der Waals surface area contributed by atoms with E-state index in [4.69, 9.17) is 9.72 Å². The Labute approximate surface area is 239 Å². The number of nitrogens with zero attached hydrogens (tertiary/aromatic N) is 3. The van der Waals surface area contributed by atoms with Gasteiger partial charge in [-0.15, -0.1) is 0 Å². The molecule has 0 bridgehead atoms. The van der Waals surface area contributed by atoms with E-state index in [9.17, 15) is 0 Å². The van der Waals surface area contributed by atoms with E-state index in [1.807, 2.05) is 54.7 Å². The van der Waals surface area contributed by atoms with Crippen LogP contribution in [0.15, 0.2) is 140 Å². The lowest BCUT2D eigenvalue weighted by Crippen LogP contribution is -2.19. The van der Waals surface area contributed by atoms with Gasteiger partial charge in [-0.1, -0.05) is 80.6 Å². The van der Waals surface area contributed by atoms with Crippen molar-refractivity contribution in [2.45, 2.75) is 19.3 Å². The highest BCUT2D eigenvalue weighted by molar-refractivity contribution is 6.09. The minimum absolute atomic E-state index is 0.176. The molecule has 7 aromatic rings. The van der Waals surface area contributed by atoms with Crippen molar-refractivity contribution in [2.75, 3.05) is 0 Å². The van der Waals surface area contributed by atoms with Crippen LogP contribution in [0, 0.1) is 0 Å². The van der Waals surface area contributed by atoms with Gasteiger partial charge in [-0.2, -0.15) is 0 Å². The van der Waals surface area contributed by atoms with Gasteiger partial charge in [0.15, 0.2) is 0 Å². The highest BCUT2D eigenvalue weighted by Gasteiger charge is 2.24. The third kappa shape index (κ3) is 4.53. The van der Waals surface area contributed by atoms with Crippen LogP contribution in [-0.4, -0.2) is 14.5 Å². The maximum absolute atomic E-state index is 6.41. The molecule has 0 fully saturated rings. The van der Waals surface area contributed by atoms with Gasteiger partial charge in [0.1, 0.15) is 17.3 Å². The summed E-state index contributed by atoms with van der Waals surface area (Å²) in [6, 6.07) is 43.7. The Morgan fingerprint density at radius 3 is 2.20 bits per heavy atom. The summed E-state index contributed by atoms with van der Waals surface area (Å²) in [7, 11) is 0. The molecule has 4 aromatic carbocycles. The van der Waals surface area contributed by atoms with Crippen LogP contribution in [0.4, 0.5) is 0 Å². The zero-order chi connectivity index (χ0) is 27.8. The van der Waals surface area contributed by atoms with E-state index in [0.29, 0.717) is 0 Å². The number of rotatable bonds is 6. The Balaban J connectivity index is 1.33. The Bertz CT molecular complexity index is 1990. The van der Waals surface area contributed by atoms with Gasteiger partial charge in [-0.05, 0) is 65.7 Å². The van der Waals surface area contributed by atoms with Gasteiger partial charge in [-0.25, -0.2) is 4.98 Å². The minimum Gasteiger partial charge on any atom is -0.457 e. The third-order valence-corrected chi connectivity index (χ3v) is 7.87. The first-order valence-electron chi connectivity index (χ1n) is 13.8. The summed E-state index contributed by atoms with van der Waals surface area (Å²) in [5, 5.41) is 2.34. The van der Waals surface area contributed by atoms with Gasteiger partial charge in [0.05, 0.1) is 16.7 Å². The largest absolute Gasteiger partial charge is 0.457 e. The second-order valence-electron chi connectivity index (χ2n) is 10.8. The van der Waals surface area contributed by atoms with Crippen LogP contribution in [-0.2, 0) is 5.41 Å². The molecule has 3 aromatic heterocycles. The molecule has 3 heterocycles. The summed E-state index contributed by atoms with van der Waals surface area (Å²) in [5.74, 6) is 2.41. The van der Waals surface area contributed by atoms with E-state index in [1.54, 1.807) is 6.20 Å². The molecule has 0 radical (unpaired) electrons. The van der Waals surface area contributed by atoms with Crippen molar-refractivity contribution in [2.24, 2.45) is 0 Å². The second kappa shape index (κ2) is 10.1. The number of fused-ring (bicyclic) bond motifs is 3. The number of hydrogen-bond donors (Lipinski definition) is 0. The number of para-hydroxylation sites is 1. The molecule has 0 saturated heterocycles. The molecule has 0 saturated carbocycles. The summed E-state index contributed by atoms with van der Waals surface area (Å²) in [6.07, 6.45) is 3.72. The molecule has 4 nitrogen and oxygen atoms in total. The normalized spacial score (nSPS) is 11.7. The van der Waals surface area contributed by atoms with Crippen molar-refractivity contribution in [3.63, 3.8) is 0 Å². The highest BCUT2D eigenvalue weighted by Crippen LogP contribution is 2.37. The van der Waals surface area contributed by atoms with Crippen LogP contribution >= 0.6 is 0 Å². The van der Waals surface area contributed by atoms with E-state index in [1.165, 1.54) is 16.5 Å². The lowest BCUT2D eigenvalue weighted by molar-refractivity contribution is 0.483. The molecule has 0 aliphatic carbocycles. The quantitative estimate of drug-likeness (QED) is 0.215. The average molecular weight is 532 g/mol.